The van der Waals surface area contributed by atoms with Crippen molar-refractivity contribution >= 4 is 12.1 Å². The van der Waals surface area contributed by atoms with Gasteiger partial charge in [-0.05, 0) is 57.4 Å². The van der Waals surface area contributed by atoms with E-state index in [1.54, 1.807) is 29.3 Å². The number of nitrogens with zero attached hydrogens (tertiary/aromatic N) is 2. The molecule has 0 bridgehead atoms. The molecule has 148 valence electrons. The van der Waals surface area contributed by atoms with Crippen LogP contribution in [0.15, 0.2) is 42.6 Å². The van der Waals surface area contributed by atoms with E-state index in [2.05, 4.69) is 4.98 Å². The molecule has 1 aliphatic heterocycles. The number of carboxylic acids is 1. The van der Waals surface area contributed by atoms with Gasteiger partial charge >= 0.3 is 12.1 Å². The lowest BCUT2D eigenvalue weighted by Crippen LogP contribution is -2.42. The second kappa shape index (κ2) is 8.00. The van der Waals surface area contributed by atoms with Crippen LogP contribution in [-0.2, 0) is 4.74 Å². The summed E-state index contributed by atoms with van der Waals surface area (Å²) < 4.78 is 5.49. The van der Waals surface area contributed by atoms with Gasteiger partial charge in [-0.1, -0.05) is 18.2 Å². The molecule has 6 heteroatoms. The number of pyridine rings is 1. The first-order valence-electron chi connectivity index (χ1n) is 9.50. The van der Waals surface area contributed by atoms with Gasteiger partial charge in [0.15, 0.2) is 0 Å². The number of hydrogen-bond acceptors (Lipinski definition) is 4. The minimum atomic E-state index is -0.948. The third-order valence-corrected chi connectivity index (χ3v) is 4.72. The maximum atomic E-state index is 12.4. The van der Waals surface area contributed by atoms with Gasteiger partial charge < -0.3 is 14.7 Å². The van der Waals surface area contributed by atoms with Crippen molar-refractivity contribution in [2.45, 2.75) is 45.1 Å². The number of aromatic nitrogens is 1. The number of ether oxygens (including phenoxy) is 1. The number of likely N-dealkylation sites (tertiary alicyclic amines) is 1. The lowest BCUT2D eigenvalue weighted by Gasteiger charge is -2.34. The third kappa shape index (κ3) is 4.88. The minimum absolute atomic E-state index is 0.167. The zero-order chi connectivity index (χ0) is 20.3. The maximum Gasteiger partial charge on any atom is 0.410 e. The molecule has 1 saturated heterocycles. The molecule has 1 fully saturated rings. The molecule has 1 atom stereocenters. The summed E-state index contributed by atoms with van der Waals surface area (Å²) in [5.41, 5.74) is 2.37. The van der Waals surface area contributed by atoms with Gasteiger partial charge in [-0.15, -0.1) is 0 Å². The number of piperidine rings is 1. The summed E-state index contributed by atoms with van der Waals surface area (Å²) in [7, 11) is 0. The van der Waals surface area contributed by atoms with Gasteiger partial charge in [-0.25, -0.2) is 9.59 Å². The van der Waals surface area contributed by atoms with Crippen LogP contribution in [0.4, 0.5) is 4.79 Å². The lowest BCUT2D eigenvalue weighted by atomic mass is 9.94. The Morgan fingerprint density at radius 1 is 1.18 bits per heavy atom. The Morgan fingerprint density at radius 2 is 1.96 bits per heavy atom. The average Bonchev–Trinajstić information content (AvgIpc) is 2.67. The summed E-state index contributed by atoms with van der Waals surface area (Å²) in [5, 5.41) is 9.15. The summed E-state index contributed by atoms with van der Waals surface area (Å²) in [5.74, 6) is -0.781. The lowest BCUT2D eigenvalue weighted by molar-refractivity contribution is 0.0197. The predicted octanol–water partition coefficient (Wildman–Crippen LogP) is 4.56. The molecule has 0 unspecified atom stereocenters. The minimum Gasteiger partial charge on any atom is -0.478 e. The summed E-state index contributed by atoms with van der Waals surface area (Å²) in [6.45, 7) is 6.89. The van der Waals surface area contributed by atoms with Crippen molar-refractivity contribution in [3.63, 3.8) is 0 Å². The standard InChI is InChI=1S/C22H26N2O4/c1-22(2,3)28-21(27)24-11-5-8-18(14-24)19-10-9-17(13-23-19)15-6-4-7-16(12-15)20(25)26/h4,6-7,9-10,12-13,18H,5,8,11,14H2,1-3H3,(H,25,26)/t18-/m0/s1. The van der Waals surface area contributed by atoms with Crippen molar-refractivity contribution in [1.82, 2.24) is 9.88 Å². The second-order valence-electron chi connectivity index (χ2n) is 8.12. The Balaban J connectivity index is 1.72. The molecule has 1 aromatic carbocycles. The van der Waals surface area contributed by atoms with E-state index in [-0.39, 0.29) is 17.6 Å². The highest BCUT2D eigenvalue weighted by atomic mass is 16.6. The largest absolute Gasteiger partial charge is 0.478 e. The van der Waals surface area contributed by atoms with Crippen molar-refractivity contribution in [3.8, 4) is 11.1 Å². The highest BCUT2D eigenvalue weighted by Crippen LogP contribution is 2.28. The van der Waals surface area contributed by atoms with Crippen LogP contribution in [-0.4, -0.2) is 45.7 Å². The Kier molecular flexibility index (Phi) is 5.68. The van der Waals surface area contributed by atoms with Gasteiger partial charge in [-0.3, -0.25) is 4.98 Å². The van der Waals surface area contributed by atoms with Crippen LogP contribution in [0.3, 0.4) is 0 Å². The normalized spacial score (nSPS) is 17.2. The number of rotatable bonds is 3. The van der Waals surface area contributed by atoms with Crippen molar-refractivity contribution in [2.24, 2.45) is 0 Å². The predicted molar refractivity (Wildman–Crippen MR) is 106 cm³/mol. The van der Waals surface area contributed by atoms with Crippen LogP contribution in [0.1, 0.15) is 55.6 Å². The topological polar surface area (TPSA) is 79.7 Å². The van der Waals surface area contributed by atoms with Crippen LogP contribution >= 0.6 is 0 Å². The van der Waals surface area contributed by atoms with Crippen molar-refractivity contribution < 1.29 is 19.4 Å². The van der Waals surface area contributed by atoms with E-state index in [1.807, 2.05) is 39.0 Å². The van der Waals surface area contributed by atoms with E-state index in [4.69, 9.17) is 9.84 Å². The highest BCUT2D eigenvalue weighted by Gasteiger charge is 2.28. The molecule has 6 nitrogen and oxygen atoms in total. The molecule has 1 N–H and O–H groups in total. The van der Waals surface area contributed by atoms with Gasteiger partial charge in [0, 0.05) is 36.5 Å². The van der Waals surface area contributed by atoms with E-state index in [0.717, 1.165) is 29.7 Å². The summed E-state index contributed by atoms with van der Waals surface area (Å²) in [6, 6.07) is 10.7. The SMILES string of the molecule is CC(C)(C)OC(=O)N1CCC[C@H](c2ccc(-c3cccc(C(=O)O)c3)cn2)C1. The van der Waals surface area contributed by atoms with Gasteiger partial charge in [0.25, 0.3) is 0 Å². The molecule has 0 aliphatic carbocycles. The van der Waals surface area contributed by atoms with E-state index in [0.29, 0.717) is 13.1 Å². The smallest absolute Gasteiger partial charge is 0.410 e. The van der Waals surface area contributed by atoms with Crippen LogP contribution in [0.5, 0.6) is 0 Å². The molecule has 1 aromatic heterocycles. The van der Waals surface area contributed by atoms with Crippen LogP contribution in [0.25, 0.3) is 11.1 Å². The second-order valence-corrected chi connectivity index (χ2v) is 8.12. The molecule has 3 rings (SSSR count). The van der Waals surface area contributed by atoms with Crippen LogP contribution in [0.2, 0.25) is 0 Å². The van der Waals surface area contributed by atoms with E-state index in [1.165, 1.54) is 0 Å². The van der Waals surface area contributed by atoms with E-state index in [9.17, 15) is 9.59 Å². The Labute approximate surface area is 165 Å². The number of hydrogen-bond donors (Lipinski definition) is 1. The first kappa shape index (κ1) is 19.9. The zero-order valence-corrected chi connectivity index (χ0v) is 16.5. The quantitative estimate of drug-likeness (QED) is 0.842. The number of aromatic carboxylic acids is 1. The zero-order valence-electron chi connectivity index (χ0n) is 16.5. The van der Waals surface area contributed by atoms with Crippen molar-refractivity contribution in [1.29, 1.82) is 0 Å². The molecule has 1 aliphatic rings. The number of amides is 1. The monoisotopic (exact) mass is 382 g/mol. The van der Waals surface area contributed by atoms with Crippen molar-refractivity contribution in [3.05, 3.63) is 53.9 Å². The Bertz CT molecular complexity index is 856. The maximum absolute atomic E-state index is 12.4. The summed E-state index contributed by atoms with van der Waals surface area (Å²) in [6.07, 6.45) is 3.37. The molecule has 0 saturated carbocycles. The van der Waals surface area contributed by atoms with Gasteiger partial charge in [-0.2, -0.15) is 0 Å². The molecule has 2 heterocycles. The number of carboxylic acid groups (broad SMARTS) is 1. The first-order valence-corrected chi connectivity index (χ1v) is 9.50. The van der Waals surface area contributed by atoms with E-state index >= 15 is 0 Å². The van der Waals surface area contributed by atoms with Crippen molar-refractivity contribution in [2.75, 3.05) is 13.1 Å². The Hall–Kier alpha value is -2.89. The highest BCUT2D eigenvalue weighted by molar-refractivity contribution is 5.89. The van der Waals surface area contributed by atoms with Gasteiger partial charge in [0.2, 0.25) is 0 Å². The van der Waals surface area contributed by atoms with Crippen LogP contribution in [0, 0.1) is 0 Å². The average molecular weight is 382 g/mol. The molecular formula is C22H26N2O4. The first-order chi connectivity index (χ1) is 13.2. The van der Waals surface area contributed by atoms with Gasteiger partial charge in [0.05, 0.1) is 5.56 Å². The van der Waals surface area contributed by atoms with Gasteiger partial charge in [0.1, 0.15) is 5.60 Å². The molecule has 0 spiro atoms. The summed E-state index contributed by atoms with van der Waals surface area (Å²) >= 11 is 0. The number of benzene rings is 1. The third-order valence-electron chi connectivity index (χ3n) is 4.72. The fourth-order valence-corrected chi connectivity index (χ4v) is 3.36. The summed E-state index contributed by atoms with van der Waals surface area (Å²) in [4.78, 5) is 29.9. The fourth-order valence-electron chi connectivity index (χ4n) is 3.36. The molecule has 0 radical (unpaired) electrons. The van der Waals surface area contributed by atoms with E-state index < -0.39 is 11.6 Å². The molecular weight excluding hydrogens is 356 g/mol. The molecule has 1 amide bonds. The van der Waals surface area contributed by atoms with Crippen LogP contribution < -0.4 is 0 Å². The number of carbonyl (C=O) groups is 2. The molecule has 28 heavy (non-hydrogen) atoms. The number of carbonyl (C=O) groups excluding carboxylic acids is 1. The Morgan fingerprint density at radius 3 is 2.61 bits per heavy atom. The molecule has 2 aromatic rings. The fraction of sp³-hybridized carbons (Fsp3) is 0.409.